The molecule has 6 nitrogen and oxygen atoms in total. The summed E-state index contributed by atoms with van der Waals surface area (Å²) in [7, 11) is 0. The summed E-state index contributed by atoms with van der Waals surface area (Å²) >= 11 is 0. The fourth-order valence-corrected chi connectivity index (χ4v) is 8.40. The van der Waals surface area contributed by atoms with Crippen LogP contribution in [0.4, 0.5) is 0 Å². The maximum Gasteiger partial charge on any atom is 0.306 e. The summed E-state index contributed by atoms with van der Waals surface area (Å²) in [6.45, 7) is 6.47. The smallest absolute Gasteiger partial charge is 0.306 e. The van der Waals surface area contributed by atoms with Gasteiger partial charge >= 0.3 is 17.9 Å². The lowest BCUT2D eigenvalue weighted by molar-refractivity contribution is -0.167. The molecule has 6 heteroatoms. The standard InChI is InChI=1S/C68H114O6/c1-4-7-10-13-16-19-22-24-26-28-30-32-34-36-38-40-42-44-46-49-52-55-58-61-67(70)73-64-65(63-72-66(69)60-57-54-51-48-21-18-15-12-9-6-3)74-68(71)62-59-56-53-50-47-45-43-41-39-37-35-33-31-29-27-25-23-20-17-14-11-8-5-2/h7,10,16,19,23-26,29-32,36,38,42,44,49,52,65H,4-6,8-9,11-15,17-18,20-22,27-28,33-35,37,39-41,43,45-48,50-51,53-64H2,1-3H3/b10-7-,19-16-,25-23-,26-24-,31-29-,32-30-,38-36-,44-42-,52-49-. The van der Waals surface area contributed by atoms with Gasteiger partial charge in [-0.2, -0.15) is 0 Å². The van der Waals surface area contributed by atoms with Gasteiger partial charge in [-0.05, 0) is 103 Å². The van der Waals surface area contributed by atoms with Crippen molar-refractivity contribution in [1.82, 2.24) is 0 Å². The summed E-state index contributed by atoms with van der Waals surface area (Å²) in [6.07, 6.45) is 83.8. The molecule has 1 atom stereocenters. The Balaban J connectivity index is 4.38. The molecule has 0 saturated carbocycles. The molecule has 422 valence electrons. The Bertz CT molecular complexity index is 1510. The number of hydrogen-bond donors (Lipinski definition) is 0. The molecule has 0 aliphatic carbocycles. The van der Waals surface area contributed by atoms with Crippen LogP contribution < -0.4 is 0 Å². The van der Waals surface area contributed by atoms with E-state index in [1.54, 1.807) is 0 Å². The number of hydrogen-bond acceptors (Lipinski definition) is 6. The van der Waals surface area contributed by atoms with Crippen molar-refractivity contribution in [2.45, 2.75) is 290 Å². The summed E-state index contributed by atoms with van der Waals surface area (Å²) in [5, 5.41) is 0. The van der Waals surface area contributed by atoms with Gasteiger partial charge in [-0.3, -0.25) is 14.4 Å². The summed E-state index contributed by atoms with van der Waals surface area (Å²) < 4.78 is 16.8. The maximum atomic E-state index is 12.9. The van der Waals surface area contributed by atoms with E-state index in [2.05, 4.69) is 130 Å². The molecule has 0 aliphatic heterocycles. The third-order valence-electron chi connectivity index (χ3n) is 13.0. The van der Waals surface area contributed by atoms with Crippen molar-refractivity contribution in [3.63, 3.8) is 0 Å². The average Bonchev–Trinajstić information content (AvgIpc) is 3.40. The van der Waals surface area contributed by atoms with Crippen molar-refractivity contribution < 1.29 is 28.6 Å². The van der Waals surface area contributed by atoms with E-state index in [9.17, 15) is 14.4 Å². The van der Waals surface area contributed by atoms with E-state index >= 15 is 0 Å². The first-order valence-electron chi connectivity index (χ1n) is 30.9. The first-order chi connectivity index (χ1) is 36.5. The molecular formula is C68H114O6. The first kappa shape index (κ1) is 70.1. The third-order valence-corrected chi connectivity index (χ3v) is 13.0. The van der Waals surface area contributed by atoms with Gasteiger partial charge in [-0.1, -0.05) is 271 Å². The lowest BCUT2D eigenvalue weighted by atomic mass is 10.0. The molecule has 0 aromatic heterocycles. The predicted molar refractivity (Wildman–Crippen MR) is 320 cm³/mol. The number of unbranched alkanes of at least 4 members (excludes halogenated alkanes) is 26. The SMILES string of the molecule is CC/C=C\C/C=C\C/C=C\C/C=C\C/C=C\C/C=C\C/C=C\CCCC(=O)OCC(COC(=O)CCCCCCCCCCCC)OC(=O)CCCCCCCCCCCCC/C=C\C/C=C\CCCCCCC. The molecule has 0 fully saturated rings. The van der Waals surface area contributed by atoms with Crippen molar-refractivity contribution in [3.8, 4) is 0 Å². The van der Waals surface area contributed by atoms with Crippen LogP contribution in [0, 0.1) is 0 Å². The number of rotatable bonds is 55. The molecule has 0 aromatic rings. The monoisotopic (exact) mass is 1030 g/mol. The van der Waals surface area contributed by atoms with Gasteiger partial charge in [0, 0.05) is 19.3 Å². The van der Waals surface area contributed by atoms with Gasteiger partial charge in [0.05, 0.1) is 0 Å². The van der Waals surface area contributed by atoms with Crippen molar-refractivity contribution in [3.05, 3.63) is 109 Å². The van der Waals surface area contributed by atoms with Gasteiger partial charge in [-0.25, -0.2) is 0 Å². The van der Waals surface area contributed by atoms with Crippen molar-refractivity contribution in [1.29, 1.82) is 0 Å². The summed E-state index contributed by atoms with van der Waals surface area (Å²) in [5.41, 5.74) is 0. The van der Waals surface area contributed by atoms with E-state index in [-0.39, 0.29) is 37.5 Å². The minimum atomic E-state index is -0.803. The number of esters is 3. The highest BCUT2D eigenvalue weighted by Gasteiger charge is 2.19. The zero-order valence-electron chi connectivity index (χ0n) is 48.3. The Hall–Kier alpha value is -3.93. The fourth-order valence-electron chi connectivity index (χ4n) is 8.40. The molecule has 0 spiro atoms. The van der Waals surface area contributed by atoms with E-state index < -0.39 is 6.10 Å². The maximum absolute atomic E-state index is 12.9. The van der Waals surface area contributed by atoms with Gasteiger partial charge < -0.3 is 14.2 Å². The van der Waals surface area contributed by atoms with Crippen LogP contribution in [0.2, 0.25) is 0 Å². The van der Waals surface area contributed by atoms with E-state index in [0.29, 0.717) is 19.3 Å². The Morgan fingerprint density at radius 2 is 0.541 bits per heavy atom. The molecule has 0 N–H and O–H groups in total. The zero-order chi connectivity index (χ0) is 53.6. The third kappa shape index (κ3) is 59.0. The second-order valence-electron chi connectivity index (χ2n) is 20.2. The quantitative estimate of drug-likeness (QED) is 0.0261. The van der Waals surface area contributed by atoms with Crippen LogP contribution in [-0.4, -0.2) is 37.2 Å². The Morgan fingerprint density at radius 1 is 0.284 bits per heavy atom. The van der Waals surface area contributed by atoms with Crippen molar-refractivity contribution >= 4 is 17.9 Å². The zero-order valence-corrected chi connectivity index (χ0v) is 48.3. The molecule has 0 aliphatic rings. The Kier molecular flexibility index (Phi) is 58.3. The number of carbonyl (C=O) groups excluding carboxylic acids is 3. The Labute approximate surface area is 457 Å². The second-order valence-corrected chi connectivity index (χ2v) is 20.2. The van der Waals surface area contributed by atoms with Crippen LogP contribution >= 0.6 is 0 Å². The van der Waals surface area contributed by atoms with E-state index in [0.717, 1.165) is 96.3 Å². The highest BCUT2D eigenvalue weighted by atomic mass is 16.6. The average molecular weight is 1030 g/mol. The second kappa shape index (κ2) is 61.6. The molecule has 0 bridgehead atoms. The predicted octanol–water partition coefficient (Wildman–Crippen LogP) is 21.0. The molecule has 74 heavy (non-hydrogen) atoms. The van der Waals surface area contributed by atoms with Crippen molar-refractivity contribution in [2.75, 3.05) is 13.2 Å². The molecule has 1 unspecified atom stereocenters. The molecule has 0 amide bonds. The summed E-state index contributed by atoms with van der Waals surface area (Å²) in [4.78, 5) is 38.2. The molecule has 0 saturated heterocycles. The lowest BCUT2D eigenvalue weighted by Gasteiger charge is -2.18. The van der Waals surface area contributed by atoms with Crippen LogP contribution in [0.15, 0.2) is 109 Å². The van der Waals surface area contributed by atoms with Crippen LogP contribution in [0.25, 0.3) is 0 Å². The molecule has 0 aromatic carbocycles. The molecule has 0 rings (SSSR count). The Morgan fingerprint density at radius 3 is 0.878 bits per heavy atom. The van der Waals surface area contributed by atoms with E-state index in [1.807, 2.05) is 0 Å². The molecule has 0 radical (unpaired) electrons. The number of carbonyl (C=O) groups is 3. The molecule has 0 heterocycles. The largest absolute Gasteiger partial charge is 0.462 e. The number of ether oxygens (including phenoxy) is 3. The van der Waals surface area contributed by atoms with Crippen molar-refractivity contribution in [2.24, 2.45) is 0 Å². The van der Waals surface area contributed by atoms with Crippen LogP contribution in [0.3, 0.4) is 0 Å². The van der Waals surface area contributed by atoms with Gasteiger partial charge in [0.15, 0.2) is 6.10 Å². The summed E-state index contributed by atoms with van der Waals surface area (Å²) in [6, 6.07) is 0. The minimum absolute atomic E-state index is 0.0960. The van der Waals surface area contributed by atoms with E-state index in [1.165, 1.54) is 141 Å². The lowest BCUT2D eigenvalue weighted by Crippen LogP contribution is -2.30. The van der Waals surface area contributed by atoms with Gasteiger partial charge in [0.25, 0.3) is 0 Å². The topological polar surface area (TPSA) is 78.9 Å². The normalized spacial score (nSPS) is 12.9. The van der Waals surface area contributed by atoms with Crippen LogP contribution in [0.5, 0.6) is 0 Å². The van der Waals surface area contributed by atoms with Gasteiger partial charge in [0.1, 0.15) is 13.2 Å². The van der Waals surface area contributed by atoms with Gasteiger partial charge in [0.2, 0.25) is 0 Å². The highest BCUT2D eigenvalue weighted by molar-refractivity contribution is 5.71. The van der Waals surface area contributed by atoms with E-state index in [4.69, 9.17) is 14.2 Å². The van der Waals surface area contributed by atoms with Crippen LogP contribution in [0.1, 0.15) is 284 Å². The highest BCUT2D eigenvalue weighted by Crippen LogP contribution is 2.15. The number of allylic oxidation sites excluding steroid dienone is 18. The van der Waals surface area contributed by atoms with Gasteiger partial charge in [-0.15, -0.1) is 0 Å². The summed E-state index contributed by atoms with van der Waals surface area (Å²) in [5.74, 6) is -0.957. The first-order valence-corrected chi connectivity index (χ1v) is 30.9. The molecular weight excluding hydrogens is 913 g/mol. The fraction of sp³-hybridized carbons (Fsp3) is 0.691. The van der Waals surface area contributed by atoms with Crippen LogP contribution in [-0.2, 0) is 28.6 Å². The minimum Gasteiger partial charge on any atom is -0.462 e.